The Morgan fingerprint density at radius 3 is 2.57 bits per heavy atom. The summed E-state index contributed by atoms with van der Waals surface area (Å²) < 4.78 is 7.41. The summed E-state index contributed by atoms with van der Waals surface area (Å²) >= 11 is 1.88. The van der Waals surface area contributed by atoms with Gasteiger partial charge in [-0.1, -0.05) is 6.92 Å². The number of aryl methyl sites for hydroxylation is 2. The molecule has 0 unspecified atom stereocenters. The maximum absolute atomic E-state index is 12.1. The molecule has 0 atom stereocenters. The Hall–Kier alpha value is -1.17. The van der Waals surface area contributed by atoms with Crippen LogP contribution in [0.5, 0.6) is 0 Å². The molecular formula is C17H29N3O2S. The monoisotopic (exact) mass is 339 g/mol. The van der Waals surface area contributed by atoms with E-state index < -0.39 is 5.60 Å². The van der Waals surface area contributed by atoms with Gasteiger partial charge in [0.1, 0.15) is 5.60 Å². The topological polar surface area (TPSA) is 47.4 Å². The van der Waals surface area contributed by atoms with Crippen LogP contribution in [-0.2, 0) is 18.2 Å². The predicted octanol–water partition coefficient (Wildman–Crippen LogP) is 3.72. The fourth-order valence-corrected chi connectivity index (χ4v) is 3.81. The van der Waals surface area contributed by atoms with Gasteiger partial charge in [-0.05, 0) is 52.0 Å². The van der Waals surface area contributed by atoms with Crippen LogP contribution in [0.2, 0.25) is 0 Å². The lowest BCUT2D eigenvalue weighted by atomic mass is 9.99. The SMILES string of the molecule is CCc1cc(SCC2CCN(C(=O)OC(C)(C)C)CC2)n(C)n1. The Balaban J connectivity index is 1.76. The van der Waals surface area contributed by atoms with Crippen molar-refractivity contribution in [3.63, 3.8) is 0 Å². The summed E-state index contributed by atoms with van der Waals surface area (Å²) in [4.78, 5) is 13.9. The van der Waals surface area contributed by atoms with Gasteiger partial charge >= 0.3 is 6.09 Å². The highest BCUT2D eigenvalue weighted by molar-refractivity contribution is 7.99. The van der Waals surface area contributed by atoms with Crippen LogP contribution in [0.4, 0.5) is 4.79 Å². The van der Waals surface area contributed by atoms with E-state index in [0.717, 1.165) is 43.8 Å². The van der Waals surface area contributed by atoms with Gasteiger partial charge in [-0.3, -0.25) is 4.68 Å². The van der Waals surface area contributed by atoms with Crippen LogP contribution in [0.25, 0.3) is 0 Å². The number of amides is 1. The van der Waals surface area contributed by atoms with Crippen molar-refractivity contribution in [2.75, 3.05) is 18.8 Å². The predicted molar refractivity (Wildman–Crippen MR) is 93.8 cm³/mol. The summed E-state index contributed by atoms with van der Waals surface area (Å²) in [5.74, 6) is 1.74. The Kier molecular flexibility index (Phi) is 6.00. The number of hydrogen-bond donors (Lipinski definition) is 0. The van der Waals surface area contributed by atoms with Crippen molar-refractivity contribution in [2.24, 2.45) is 13.0 Å². The van der Waals surface area contributed by atoms with Crippen molar-refractivity contribution < 1.29 is 9.53 Å². The molecule has 0 aromatic carbocycles. The van der Waals surface area contributed by atoms with Crippen LogP contribution in [0.1, 0.15) is 46.2 Å². The summed E-state index contributed by atoms with van der Waals surface area (Å²) in [6.07, 6.45) is 2.89. The molecule has 0 saturated carbocycles. The van der Waals surface area contributed by atoms with Crippen molar-refractivity contribution in [2.45, 2.75) is 57.6 Å². The normalized spacial score (nSPS) is 16.7. The number of rotatable bonds is 4. The molecule has 0 N–H and O–H groups in total. The molecule has 6 heteroatoms. The van der Waals surface area contributed by atoms with E-state index in [1.807, 2.05) is 49.2 Å². The molecular weight excluding hydrogens is 310 g/mol. The third-order valence-electron chi connectivity index (χ3n) is 3.98. The zero-order valence-corrected chi connectivity index (χ0v) is 15.8. The number of carbonyl (C=O) groups is 1. The van der Waals surface area contributed by atoms with E-state index in [4.69, 9.17) is 4.74 Å². The van der Waals surface area contributed by atoms with E-state index in [9.17, 15) is 4.79 Å². The Morgan fingerprint density at radius 1 is 1.39 bits per heavy atom. The molecule has 0 radical (unpaired) electrons. The molecule has 1 aliphatic rings. The highest BCUT2D eigenvalue weighted by Gasteiger charge is 2.27. The number of carbonyl (C=O) groups excluding carboxylic acids is 1. The molecule has 2 heterocycles. The molecule has 1 amide bonds. The summed E-state index contributed by atoms with van der Waals surface area (Å²) in [6, 6.07) is 2.18. The Bertz CT molecular complexity index is 528. The minimum Gasteiger partial charge on any atom is -0.444 e. The van der Waals surface area contributed by atoms with Gasteiger partial charge in [0, 0.05) is 25.9 Å². The second-order valence-corrected chi connectivity index (χ2v) is 8.21. The number of likely N-dealkylation sites (tertiary alicyclic amines) is 1. The molecule has 130 valence electrons. The van der Waals surface area contributed by atoms with Gasteiger partial charge in [0.15, 0.2) is 0 Å². The quantitative estimate of drug-likeness (QED) is 0.784. The van der Waals surface area contributed by atoms with E-state index in [0.29, 0.717) is 5.92 Å². The first-order valence-corrected chi connectivity index (χ1v) is 9.40. The van der Waals surface area contributed by atoms with Crippen molar-refractivity contribution in [1.29, 1.82) is 0 Å². The number of nitrogens with zero attached hydrogens (tertiary/aromatic N) is 3. The van der Waals surface area contributed by atoms with E-state index in [1.54, 1.807) is 0 Å². The Labute approximate surface area is 143 Å². The van der Waals surface area contributed by atoms with Crippen LogP contribution >= 0.6 is 11.8 Å². The van der Waals surface area contributed by atoms with Gasteiger partial charge < -0.3 is 9.64 Å². The molecule has 1 aliphatic heterocycles. The highest BCUT2D eigenvalue weighted by Crippen LogP contribution is 2.27. The zero-order chi connectivity index (χ0) is 17.0. The second-order valence-electron chi connectivity index (χ2n) is 7.17. The summed E-state index contributed by atoms with van der Waals surface area (Å²) in [5.41, 5.74) is 0.732. The van der Waals surface area contributed by atoms with Crippen LogP contribution < -0.4 is 0 Å². The van der Waals surface area contributed by atoms with E-state index in [-0.39, 0.29) is 6.09 Å². The van der Waals surface area contributed by atoms with Gasteiger partial charge in [0.2, 0.25) is 0 Å². The summed E-state index contributed by atoms with van der Waals surface area (Å²) in [6.45, 7) is 9.45. The molecule has 1 fully saturated rings. The van der Waals surface area contributed by atoms with E-state index >= 15 is 0 Å². The molecule has 0 spiro atoms. The molecule has 2 rings (SSSR count). The number of thioether (sulfide) groups is 1. The van der Waals surface area contributed by atoms with Crippen molar-refractivity contribution in [3.05, 3.63) is 11.8 Å². The fourth-order valence-electron chi connectivity index (χ4n) is 2.63. The molecule has 5 nitrogen and oxygen atoms in total. The molecule has 0 bridgehead atoms. The van der Waals surface area contributed by atoms with Gasteiger partial charge in [-0.2, -0.15) is 5.10 Å². The smallest absolute Gasteiger partial charge is 0.410 e. The Morgan fingerprint density at radius 2 is 2.04 bits per heavy atom. The van der Waals surface area contributed by atoms with Crippen molar-refractivity contribution in [1.82, 2.24) is 14.7 Å². The molecule has 0 aliphatic carbocycles. The molecule has 1 saturated heterocycles. The maximum atomic E-state index is 12.1. The van der Waals surface area contributed by atoms with Crippen molar-refractivity contribution >= 4 is 17.9 Å². The van der Waals surface area contributed by atoms with Gasteiger partial charge in [-0.25, -0.2) is 4.79 Å². The van der Waals surface area contributed by atoms with Crippen LogP contribution in [0.3, 0.4) is 0 Å². The minimum atomic E-state index is -0.416. The lowest BCUT2D eigenvalue weighted by Gasteiger charge is -2.33. The number of piperidine rings is 1. The summed E-state index contributed by atoms with van der Waals surface area (Å²) in [5, 5.41) is 5.72. The third-order valence-corrected chi connectivity index (χ3v) is 5.30. The van der Waals surface area contributed by atoms with Crippen molar-refractivity contribution in [3.8, 4) is 0 Å². The highest BCUT2D eigenvalue weighted by atomic mass is 32.2. The lowest BCUT2D eigenvalue weighted by molar-refractivity contribution is 0.0191. The van der Waals surface area contributed by atoms with Crippen LogP contribution in [-0.4, -0.2) is 45.2 Å². The molecule has 1 aromatic heterocycles. The number of ether oxygens (including phenoxy) is 1. The fraction of sp³-hybridized carbons (Fsp3) is 0.765. The lowest BCUT2D eigenvalue weighted by Crippen LogP contribution is -2.42. The minimum absolute atomic E-state index is 0.178. The first-order chi connectivity index (χ1) is 10.8. The average Bonchev–Trinajstić information content (AvgIpc) is 2.84. The standard InChI is InChI=1S/C17H29N3O2S/c1-6-14-11-15(19(5)18-14)23-12-13-7-9-20(10-8-13)16(21)22-17(2,3)4/h11,13H,6-10,12H2,1-5H3. The van der Waals surface area contributed by atoms with Gasteiger partial charge in [0.25, 0.3) is 0 Å². The van der Waals surface area contributed by atoms with E-state index in [2.05, 4.69) is 18.1 Å². The van der Waals surface area contributed by atoms with Crippen LogP contribution in [0, 0.1) is 5.92 Å². The second kappa shape index (κ2) is 7.60. The third kappa shape index (κ3) is 5.44. The first kappa shape index (κ1) is 18.2. The maximum Gasteiger partial charge on any atom is 0.410 e. The first-order valence-electron chi connectivity index (χ1n) is 8.42. The number of aromatic nitrogens is 2. The van der Waals surface area contributed by atoms with Gasteiger partial charge in [-0.15, -0.1) is 11.8 Å². The van der Waals surface area contributed by atoms with Crippen LogP contribution in [0.15, 0.2) is 11.1 Å². The largest absolute Gasteiger partial charge is 0.444 e. The van der Waals surface area contributed by atoms with Gasteiger partial charge in [0.05, 0.1) is 10.7 Å². The zero-order valence-electron chi connectivity index (χ0n) is 15.0. The average molecular weight is 340 g/mol. The van der Waals surface area contributed by atoms with E-state index in [1.165, 1.54) is 5.03 Å². The molecule has 1 aromatic rings. The summed E-state index contributed by atoms with van der Waals surface area (Å²) in [7, 11) is 2.01. The number of hydrogen-bond acceptors (Lipinski definition) is 4. The molecule has 23 heavy (non-hydrogen) atoms.